The SMILES string of the molecule is Cc1ccc(F)c(SNC2CCc3c(cnc4[nH]ncc34)C2)c1. The van der Waals surface area contributed by atoms with Crippen molar-refractivity contribution in [3.63, 3.8) is 0 Å². The Kier molecular flexibility index (Phi) is 3.79. The molecule has 1 atom stereocenters. The smallest absolute Gasteiger partial charge is 0.155 e. The number of hydrogen-bond acceptors (Lipinski definition) is 4. The topological polar surface area (TPSA) is 53.6 Å². The van der Waals surface area contributed by atoms with Crippen LogP contribution in [-0.4, -0.2) is 21.2 Å². The van der Waals surface area contributed by atoms with E-state index in [0.29, 0.717) is 10.9 Å². The first-order valence-electron chi connectivity index (χ1n) is 7.69. The first kappa shape index (κ1) is 14.7. The minimum atomic E-state index is -0.175. The average molecular weight is 328 g/mol. The van der Waals surface area contributed by atoms with E-state index in [9.17, 15) is 4.39 Å². The van der Waals surface area contributed by atoms with Gasteiger partial charge in [-0.1, -0.05) is 6.07 Å². The number of aromatic nitrogens is 3. The number of aryl methyl sites for hydroxylation is 2. The van der Waals surface area contributed by atoms with Gasteiger partial charge in [0.25, 0.3) is 0 Å². The third-order valence-electron chi connectivity index (χ3n) is 4.31. The molecule has 1 aromatic carbocycles. The second kappa shape index (κ2) is 5.94. The Balaban J connectivity index is 1.49. The molecule has 1 aliphatic carbocycles. The van der Waals surface area contributed by atoms with Crippen LogP contribution in [0.15, 0.2) is 35.5 Å². The van der Waals surface area contributed by atoms with Gasteiger partial charge in [0, 0.05) is 17.6 Å². The predicted octanol–water partition coefficient (Wildman–Crippen LogP) is 3.56. The van der Waals surface area contributed by atoms with Crippen molar-refractivity contribution in [2.45, 2.75) is 37.1 Å². The van der Waals surface area contributed by atoms with E-state index in [2.05, 4.69) is 19.9 Å². The van der Waals surface area contributed by atoms with Crippen LogP contribution in [0.5, 0.6) is 0 Å². The largest absolute Gasteiger partial charge is 0.261 e. The van der Waals surface area contributed by atoms with Crippen molar-refractivity contribution >= 4 is 23.0 Å². The zero-order valence-electron chi connectivity index (χ0n) is 12.8. The standard InChI is InChI=1S/C17H17FN4S/c1-10-2-5-15(18)16(6-10)23-22-12-3-4-13-11(7-12)8-19-17-14(13)9-20-21-17/h2,5-6,8-9,12,22H,3-4,7H2,1H3,(H,19,20,21). The summed E-state index contributed by atoms with van der Waals surface area (Å²) in [6, 6.07) is 5.51. The molecule has 0 saturated carbocycles. The highest BCUT2D eigenvalue weighted by molar-refractivity contribution is 7.97. The highest BCUT2D eigenvalue weighted by atomic mass is 32.2. The lowest BCUT2D eigenvalue weighted by Crippen LogP contribution is -2.30. The molecule has 3 aromatic rings. The van der Waals surface area contributed by atoms with Gasteiger partial charge in [0.05, 0.1) is 11.1 Å². The van der Waals surface area contributed by atoms with E-state index in [1.54, 1.807) is 6.07 Å². The molecule has 6 heteroatoms. The van der Waals surface area contributed by atoms with E-state index in [1.165, 1.54) is 29.1 Å². The highest BCUT2D eigenvalue weighted by Gasteiger charge is 2.21. The van der Waals surface area contributed by atoms with E-state index in [0.717, 1.165) is 35.9 Å². The van der Waals surface area contributed by atoms with Gasteiger partial charge in [0.1, 0.15) is 5.82 Å². The Morgan fingerprint density at radius 3 is 3.17 bits per heavy atom. The van der Waals surface area contributed by atoms with E-state index in [4.69, 9.17) is 0 Å². The van der Waals surface area contributed by atoms with Crippen LogP contribution in [0.3, 0.4) is 0 Å². The summed E-state index contributed by atoms with van der Waals surface area (Å²) >= 11 is 1.38. The molecule has 2 aromatic heterocycles. The summed E-state index contributed by atoms with van der Waals surface area (Å²) in [5.41, 5.74) is 4.52. The van der Waals surface area contributed by atoms with Gasteiger partial charge >= 0.3 is 0 Å². The Labute approximate surface area is 138 Å². The lowest BCUT2D eigenvalue weighted by atomic mass is 9.88. The molecule has 0 amide bonds. The maximum Gasteiger partial charge on any atom is 0.155 e. The second-order valence-electron chi connectivity index (χ2n) is 5.99. The number of fused-ring (bicyclic) bond motifs is 3. The molecule has 2 heterocycles. The van der Waals surface area contributed by atoms with Gasteiger partial charge in [-0.05, 0) is 67.0 Å². The van der Waals surface area contributed by atoms with Crippen molar-refractivity contribution in [2.75, 3.05) is 0 Å². The van der Waals surface area contributed by atoms with Crippen molar-refractivity contribution < 1.29 is 4.39 Å². The number of pyridine rings is 1. The number of H-pyrrole nitrogens is 1. The number of nitrogens with zero attached hydrogens (tertiary/aromatic N) is 2. The Morgan fingerprint density at radius 1 is 1.35 bits per heavy atom. The van der Waals surface area contributed by atoms with Crippen molar-refractivity contribution in [1.82, 2.24) is 19.9 Å². The number of aromatic amines is 1. The van der Waals surface area contributed by atoms with Gasteiger partial charge in [0.15, 0.2) is 5.65 Å². The molecule has 0 spiro atoms. The molecule has 0 fully saturated rings. The zero-order chi connectivity index (χ0) is 15.8. The van der Waals surface area contributed by atoms with Gasteiger partial charge in [-0.3, -0.25) is 9.82 Å². The summed E-state index contributed by atoms with van der Waals surface area (Å²) in [4.78, 5) is 5.07. The predicted molar refractivity (Wildman–Crippen MR) is 89.8 cm³/mol. The summed E-state index contributed by atoms with van der Waals surface area (Å²) < 4.78 is 17.2. The Bertz CT molecular complexity index is 861. The first-order valence-corrected chi connectivity index (χ1v) is 8.51. The van der Waals surface area contributed by atoms with Crippen molar-refractivity contribution in [2.24, 2.45) is 0 Å². The van der Waals surface area contributed by atoms with Gasteiger partial charge < -0.3 is 0 Å². The molecule has 2 N–H and O–H groups in total. The molecule has 0 saturated heterocycles. The fraction of sp³-hybridized carbons (Fsp3) is 0.294. The second-order valence-corrected chi connectivity index (χ2v) is 6.87. The van der Waals surface area contributed by atoms with Crippen LogP contribution in [-0.2, 0) is 12.8 Å². The average Bonchev–Trinajstić information content (AvgIpc) is 3.04. The van der Waals surface area contributed by atoms with Crippen LogP contribution in [0.4, 0.5) is 4.39 Å². The summed E-state index contributed by atoms with van der Waals surface area (Å²) in [5.74, 6) is -0.175. The maximum absolute atomic E-state index is 13.8. The van der Waals surface area contributed by atoms with Gasteiger partial charge in [-0.25, -0.2) is 9.37 Å². The van der Waals surface area contributed by atoms with E-state index in [1.807, 2.05) is 25.4 Å². The number of benzene rings is 1. The quantitative estimate of drug-likeness (QED) is 0.722. The van der Waals surface area contributed by atoms with Crippen LogP contribution in [0.2, 0.25) is 0 Å². The first-order chi connectivity index (χ1) is 11.2. The lowest BCUT2D eigenvalue weighted by Gasteiger charge is -2.25. The van der Waals surface area contributed by atoms with Crippen LogP contribution < -0.4 is 4.72 Å². The molecule has 4 rings (SSSR count). The minimum absolute atomic E-state index is 0.175. The van der Waals surface area contributed by atoms with Crippen LogP contribution in [0.25, 0.3) is 11.0 Å². The Morgan fingerprint density at radius 2 is 2.26 bits per heavy atom. The fourth-order valence-corrected chi connectivity index (χ4v) is 3.99. The van der Waals surface area contributed by atoms with Crippen molar-refractivity contribution in [3.05, 3.63) is 53.1 Å². The zero-order valence-corrected chi connectivity index (χ0v) is 13.6. The monoisotopic (exact) mass is 328 g/mol. The summed E-state index contributed by atoms with van der Waals surface area (Å²) in [5, 5.41) is 8.11. The molecular weight excluding hydrogens is 311 g/mol. The number of rotatable bonds is 3. The maximum atomic E-state index is 13.8. The highest BCUT2D eigenvalue weighted by Crippen LogP contribution is 2.29. The third-order valence-corrected chi connectivity index (χ3v) is 5.30. The van der Waals surface area contributed by atoms with Crippen molar-refractivity contribution in [1.29, 1.82) is 0 Å². The number of hydrogen-bond donors (Lipinski definition) is 2. The molecule has 4 nitrogen and oxygen atoms in total. The van der Waals surface area contributed by atoms with Crippen molar-refractivity contribution in [3.8, 4) is 0 Å². The molecule has 118 valence electrons. The minimum Gasteiger partial charge on any atom is -0.261 e. The number of halogens is 1. The third kappa shape index (κ3) is 2.84. The molecule has 0 bridgehead atoms. The van der Waals surface area contributed by atoms with Crippen LogP contribution in [0.1, 0.15) is 23.1 Å². The summed E-state index contributed by atoms with van der Waals surface area (Å²) in [6.45, 7) is 1.97. The van der Waals surface area contributed by atoms with Gasteiger partial charge in [-0.2, -0.15) is 5.10 Å². The molecular formula is C17H17FN4S. The fourth-order valence-electron chi connectivity index (χ4n) is 3.09. The van der Waals surface area contributed by atoms with Crippen LogP contribution >= 0.6 is 11.9 Å². The van der Waals surface area contributed by atoms with E-state index >= 15 is 0 Å². The summed E-state index contributed by atoms with van der Waals surface area (Å²) in [7, 11) is 0. The van der Waals surface area contributed by atoms with Gasteiger partial charge in [-0.15, -0.1) is 0 Å². The van der Waals surface area contributed by atoms with Gasteiger partial charge in [0.2, 0.25) is 0 Å². The molecule has 1 unspecified atom stereocenters. The molecule has 0 radical (unpaired) electrons. The number of nitrogens with one attached hydrogen (secondary N) is 2. The van der Waals surface area contributed by atoms with E-state index in [-0.39, 0.29) is 5.82 Å². The molecule has 1 aliphatic rings. The van der Waals surface area contributed by atoms with Crippen LogP contribution in [0, 0.1) is 12.7 Å². The molecule has 23 heavy (non-hydrogen) atoms. The normalized spacial score (nSPS) is 17.4. The van der Waals surface area contributed by atoms with E-state index < -0.39 is 0 Å². The Hall–Kier alpha value is -1.92. The summed E-state index contributed by atoms with van der Waals surface area (Å²) in [6.07, 6.45) is 6.71. The molecule has 0 aliphatic heterocycles. The lowest BCUT2D eigenvalue weighted by molar-refractivity contribution is 0.545.